The molecular weight excluding hydrogens is 336 g/mol. The Bertz CT molecular complexity index is 715. The van der Waals surface area contributed by atoms with Crippen molar-refractivity contribution in [2.24, 2.45) is 0 Å². The van der Waals surface area contributed by atoms with Crippen LogP contribution in [0.1, 0.15) is 27.9 Å². The van der Waals surface area contributed by atoms with Crippen LogP contribution in [0.2, 0.25) is 0 Å². The fourth-order valence-corrected chi connectivity index (χ4v) is 3.05. The average molecular weight is 358 g/mol. The van der Waals surface area contributed by atoms with E-state index >= 15 is 0 Å². The first-order chi connectivity index (χ1) is 11.2. The third-order valence-corrected chi connectivity index (χ3v) is 4.70. The monoisotopic (exact) mass is 358 g/mol. The second-order valence-corrected chi connectivity index (χ2v) is 7.25. The van der Waals surface area contributed by atoms with Gasteiger partial charge in [0.2, 0.25) is 15.9 Å². The summed E-state index contributed by atoms with van der Waals surface area (Å²) in [6.45, 7) is 3.28. The van der Waals surface area contributed by atoms with Crippen LogP contribution in [-0.4, -0.2) is 51.4 Å². The van der Waals surface area contributed by atoms with Crippen molar-refractivity contribution in [1.29, 1.82) is 0 Å². The molecule has 1 amide bonds. The number of carbonyl (C=O) groups is 2. The molecule has 0 aromatic heterocycles. The molecule has 0 bridgehead atoms. The first-order valence-electron chi connectivity index (χ1n) is 7.27. The summed E-state index contributed by atoms with van der Waals surface area (Å²) in [6, 6.07) is 3.01. The van der Waals surface area contributed by atoms with Gasteiger partial charge in [-0.1, -0.05) is 6.07 Å². The lowest BCUT2D eigenvalue weighted by molar-refractivity contribution is -0.115. The van der Waals surface area contributed by atoms with E-state index in [2.05, 4.69) is 10.0 Å². The lowest BCUT2D eigenvalue weighted by Crippen LogP contribution is -2.34. The third-order valence-electron chi connectivity index (χ3n) is 3.29. The van der Waals surface area contributed by atoms with E-state index in [1.165, 1.54) is 13.2 Å². The summed E-state index contributed by atoms with van der Waals surface area (Å²) in [5.41, 5.74) is 1.68. The molecule has 24 heavy (non-hydrogen) atoms. The number of anilines is 1. The lowest BCUT2D eigenvalue weighted by Gasteiger charge is -2.12. The van der Waals surface area contributed by atoms with Crippen LogP contribution in [0.25, 0.3) is 0 Å². The van der Waals surface area contributed by atoms with E-state index in [4.69, 9.17) is 9.84 Å². The summed E-state index contributed by atoms with van der Waals surface area (Å²) in [7, 11) is -2.09. The number of benzene rings is 1. The highest BCUT2D eigenvalue weighted by Gasteiger charge is 2.15. The third kappa shape index (κ3) is 6.26. The Hall–Kier alpha value is -1.97. The van der Waals surface area contributed by atoms with Crippen LogP contribution in [0.3, 0.4) is 0 Å². The topological polar surface area (TPSA) is 122 Å². The number of carbonyl (C=O) groups excluding carboxylic acids is 1. The van der Waals surface area contributed by atoms with E-state index in [0.29, 0.717) is 29.8 Å². The molecule has 0 aliphatic heterocycles. The highest BCUT2D eigenvalue weighted by molar-refractivity contribution is 7.89. The van der Waals surface area contributed by atoms with E-state index < -0.39 is 28.4 Å². The van der Waals surface area contributed by atoms with Crippen LogP contribution in [0.4, 0.5) is 5.69 Å². The molecule has 0 unspecified atom stereocenters. The smallest absolute Gasteiger partial charge is 0.336 e. The Morgan fingerprint density at radius 1 is 1.21 bits per heavy atom. The molecule has 9 heteroatoms. The molecule has 0 fully saturated rings. The number of carboxylic acid groups (broad SMARTS) is 1. The van der Waals surface area contributed by atoms with Crippen molar-refractivity contribution >= 4 is 27.6 Å². The minimum atomic E-state index is -3.56. The van der Waals surface area contributed by atoms with Gasteiger partial charge < -0.3 is 15.2 Å². The fourth-order valence-electron chi connectivity index (χ4n) is 2.05. The largest absolute Gasteiger partial charge is 0.478 e. The minimum Gasteiger partial charge on any atom is -0.478 e. The van der Waals surface area contributed by atoms with Crippen LogP contribution >= 0.6 is 0 Å². The molecule has 0 heterocycles. The van der Waals surface area contributed by atoms with Gasteiger partial charge in [0.1, 0.15) is 0 Å². The predicted octanol–water partition coefficient (Wildman–Crippen LogP) is 0.896. The van der Waals surface area contributed by atoms with Gasteiger partial charge in [-0.05, 0) is 37.5 Å². The van der Waals surface area contributed by atoms with Gasteiger partial charge in [0.25, 0.3) is 0 Å². The quantitative estimate of drug-likeness (QED) is 0.564. The first-order valence-corrected chi connectivity index (χ1v) is 8.92. The molecule has 1 aromatic rings. The number of carboxylic acids is 1. The molecule has 0 spiro atoms. The van der Waals surface area contributed by atoms with Gasteiger partial charge >= 0.3 is 5.97 Å². The number of rotatable bonds is 9. The van der Waals surface area contributed by atoms with Gasteiger partial charge in [-0.3, -0.25) is 4.79 Å². The molecule has 1 rings (SSSR count). The summed E-state index contributed by atoms with van der Waals surface area (Å²) in [5.74, 6) is -1.81. The predicted molar refractivity (Wildman–Crippen MR) is 89.8 cm³/mol. The van der Waals surface area contributed by atoms with Crippen molar-refractivity contribution in [1.82, 2.24) is 4.72 Å². The van der Waals surface area contributed by atoms with Gasteiger partial charge in [-0.2, -0.15) is 0 Å². The van der Waals surface area contributed by atoms with Gasteiger partial charge in [-0.25, -0.2) is 17.9 Å². The van der Waals surface area contributed by atoms with E-state index in [1.807, 2.05) is 0 Å². The summed E-state index contributed by atoms with van der Waals surface area (Å²) in [5, 5.41) is 11.6. The van der Waals surface area contributed by atoms with Crippen LogP contribution < -0.4 is 10.0 Å². The number of methoxy groups -OCH3 is 1. The van der Waals surface area contributed by atoms with Crippen molar-refractivity contribution < 1.29 is 27.9 Å². The Morgan fingerprint density at radius 3 is 2.46 bits per heavy atom. The molecule has 0 radical (unpaired) electrons. The maximum Gasteiger partial charge on any atom is 0.336 e. The molecule has 8 nitrogen and oxygen atoms in total. The van der Waals surface area contributed by atoms with Gasteiger partial charge in [0.05, 0.1) is 17.9 Å². The number of hydrogen-bond donors (Lipinski definition) is 3. The van der Waals surface area contributed by atoms with E-state index in [0.717, 1.165) is 0 Å². The standard InChI is InChI=1S/C15H22N2O6S/c1-10-7-11(2)13(8-12(10)15(19)20)17-14(18)9-16-24(21,22)6-4-5-23-3/h7-8,16H,4-6,9H2,1-3H3,(H,17,18)(H,19,20). The number of nitrogens with one attached hydrogen (secondary N) is 2. The van der Waals surface area contributed by atoms with E-state index in [1.54, 1.807) is 19.9 Å². The number of amides is 1. The minimum absolute atomic E-state index is 0.0797. The number of aromatic carboxylic acids is 1. The second kappa shape index (κ2) is 8.76. The maximum atomic E-state index is 11.9. The second-order valence-electron chi connectivity index (χ2n) is 5.32. The Labute approximate surface area is 141 Å². The molecule has 134 valence electrons. The summed E-state index contributed by atoms with van der Waals surface area (Å²) in [6.07, 6.45) is 0.326. The van der Waals surface area contributed by atoms with E-state index in [-0.39, 0.29) is 11.3 Å². The number of aryl methyl sites for hydroxylation is 2. The Kier molecular flexibility index (Phi) is 7.33. The molecular formula is C15H22N2O6S. The normalized spacial score (nSPS) is 11.3. The highest BCUT2D eigenvalue weighted by atomic mass is 32.2. The maximum absolute atomic E-state index is 11.9. The Morgan fingerprint density at radius 2 is 1.88 bits per heavy atom. The van der Waals surface area contributed by atoms with Crippen molar-refractivity contribution in [3.05, 3.63) is 28.8 Å². The van der Waals surface area contributed by atoms with Crippen molar-refractivity contribution in [2.45, 2.75) is 20.3 Å². The number of hydrogen-bond acceptors (Lipinski definition) is 5. The van der Waals surface area contributed by atoms with Crippen LogP contribution in [-0.2, 0) is 19.6 Å². The van der Waals surface area contributed by atoms with Gasteiger partial charge in [0.15, 0.2) is 0 Å². The van der Waals surface area contributed by atoms with Crippen LogP contribution in [0, 0.1) is 13.8 Å². The zero-order valence-corrected chi connectivity index (χ0v) is 14.7. The molecule has 0 aliphatic rings. The van der Waals surface area contributed by atoms with Crippen molar-refractivity contribution in [3.63, 3.8) is 0 Å². The Balaban J connectivity index is 2.69. The van der Waals surface area contributed by atoms with Gasteiger partial charge in [0, 0.05) is 19.4 Å². The highest BCUT2D eigenvalue weighted by Crippen LogP contribution is 2.20. The van der Waals surface area contributed by atoms with Crippen LogP contribution in [0.5, 0.6) is 0 Å². The SMILES string of the molecule is COCCCS(=O)(=O)NCC(=O)Nc1cc(C(=O)O)c(C)cc1C. The van der Waals surface area contributed by atoms with Gasteiger partial charge in [-0.15, -0.1) is 0 Å². The lowest BCUT2D eigenvalue weighted by atomic mass is 10.0. The van der Waals surface area contributed by atoms with Crippen molar-refractivity contribution in [2.75, 3.05) is 31.3 Å². The zero-order chi connectivity index (χ0) is 18.3. The summed E-state index contributed by atoms with van der Waals surface area (Å²) >= 11 is 0. The first kappa shape index (κ1) is 20.1. The number of sulfonamides is 1. The average Bonchev–Trinajstić information content (AvgIpc) is 2.48. The summed E-state index contributed by atoms with van der Waals surface area (Å²) < 4.78 is 30.4. The summed E-state index contributed by atoms with van der Waals surface area (Å²) in [4.78, 5) is 23.0. The molecule has 0 atom stereocenters. The molecule has 3 N–H and O–H groups in total. The molecule has 0 saturated heterocycles. The number of ether oxygens (including phenoxy) is 1. The van der Waals surface area contributed by atoms with E-state index in [9.17, 15) is 18.0 Å². The fraction of sp³-hybridized carbons (Fsp3) is 0.467. The molecule has 0 saturated carbocycles. The molecule has 0 aliphatic carbocycles. The van der Waals surface area contributed by atoms with Crippen LogP contribution in [0.15, 0.2) is 12.1 Å². The molecule has 1 aromatic carbocycles. The van der Waals surface area contributed by atoms with Crippen molar-refractivity contribution in [3.8, 4) is 0 Å². The zero-order valence-electron chi connectivity index (χ0n) is 13.9.